The van der Waals surface area contributed by atoms with Gasteiger partial charge in [-0.05, 0) is 6.92 Å². The van der Waals surface area contributed by atoms with Crippen LogP contribution in [0.15, 0.2) is 6.20 Å². The van der Waals surface area contributed by atoms with E-state index in [9.17, 15) is 4.79 Å². The highest BCUT2D eigenvalue weighted by Crippen LogP contribution is 1.97. The molecule has 72 valence electrons. The van der Waals surface area contributed by atoms with Crippen molar-refractivity contribution >= 4 is 5.97 Å². The molecule has 1 rings (SSSR count). The Morgan fingerprint density at radius 3 is 3.00 bits per heavy atom. The Bertz CT molecular complexity index is 296. The Hall–Kier alpha value is -1.43. The van der Waals surface area contributed by atoms with Crippen LogP contribution in [0.4, 0.5) is 0 Å². The molecular weight excluding hydrogens is 172 g/mol. The van der Waals surface area contributed by atoms with Crippen molar-refractivity contribution in [3.05, 3.63) is 11.9 Å². The molecule has 1 aromatic rings. The van der Waals surface area contributed by atoms with Crippen molar-refractivity contribution in [2.75, 3.05) is 0 Å². The van der Waals surface area contributed by atoms with E-state index in [0.717, 1.165) is 6.54 Å². The van der Waals surface area contributed by atoms with Gasteiger partial charge in [0.1, 0.15) is 6.04 Å². The number of aryl methyl sites for hydroxylation is 1. The highest BCUT2D eigenvalue weighted by Gasteiger charge is 2.13. The van der Waals surface area contributed by atoms with Crippen LogP contribution in [0.5, 0.6) is 0 Å². The molecule has 6 heteroatoms. The van der Waals surface area contributed by atoms with E-state index in [4.69, 9.17) is 10.8 Å². The second-order valence-electron chi connectivity index (χ2n) is 2.71. The maximum absolute atomic E-state index is 10.4. The zero-order valence-corrected chi connectivity index (χ0v) is 7.34. The number of carboxylic acids is 1. The SMILES string of the molecule is CCn1cc(C[C@H](N)C(=O)O)nn1. The van der Waals surface area contributed by atoms with Crippen LogP contribution in [0.3, 0.4) is 0 Å². The maximum atomic E-state index is 10.4. The molecule has 0 aromatic carbocycles. The van der Waals surface area contributed by atoms with Gasteiger partial charge in [-0.3, -0.25) is 9.48 Å². The lowest BCUT2D eigenvalue weighted by Crippen LogP contribution is -2.32. The first kappa shape index (κ1) is 9.66. The van der Waals surface area contributed by atoms with Crippen LogP contribution >= 0.6 is 0 Å². The van der Waals surface area contributed by atoms with Gasteiger partial charge in [0.05, 0.1) is 5.69 Å². The highest BCUT2D eigenvalue weighted by atomic mass is 16.4. The number of hydrogen-bond donors (Lipinski definition) is 2. The predicted molar refractivity (Wildman–Crippen MR) is 45.0 cm³/mol. The number of aliphatic carboxylic acids is 1. The van der Waals surface area contributed by atoms with Crippen LogP contribution in [0.1, 0.15) is 12.6 Å². The normalized spacial score (nSPS) is 12.8. The summed E-state index contributed by atoms with van der Waals surface area (Å²) < 4.78 is 1.63. The molecule has 0 fully saturated rings. The van der Waals surface area contributed by atoms with E-state index in [2.05, 4.69) is 10.3 Å². The molecule has 13 heavy (non-hydrogen) atoms. The molecule has 0 saturated carbocycles. The van der Waals surface area contributed by atoms with Gasteiger partial charge in [0.25, 0.3) is 0 Å². The quantitative estimate of drug-likeness (QED) is 0.642. The molecule has 0 aliphatic heterocycles. The summed E-state index contributed by atoms with van der Waals surface area (Å²) in [6.07, 6.45) is 1.91. The molecule has 6 nitrogen and oxygen atoms in total. The average Bonchev–Trinajstić information content (AvgIpc) is 2.52. The monoisotopic (exact) mass is 184 g/mol. The van der Waals surface area contributed by atoms with Crippen LogP contribution in [-0.2, 0) is 17.8 Å². The number of aromatic nitrogens is 3. The Labute approximate surface area is 75.3 Å². The minimum absolute atomic E-state index is 0.218. The van der Waals surface area contributed by atoms with Crippen molar-refractivity contribution in [3.8, 4) is 0 Å². The van der Waals surface area contributed by atoms with Gasteiger partial charge in [0, 0.05) is 19.2 Å². The molecule has 0 aliphatic rings. The molecule has 1 aromatic heterocycles. The molecule has 0 bridgehead atoms. The largest absolute Gasteiger partial charge is 0.480 e. The van der Waals surface area contributed by atoms with Gasteiger partial charge in [-0.1, -0.05) is 5.21 Å². The third-order valence-corrected chi connectivity index (χ3v) is 1.66. The summed E-state index contributed by atoms with van der Waals surface area (Å²) in [5, 5.41) is 16.1. The molecule has 0 saturated heterocycles. The van der Waals surface area contributed by atoms with Crippen molar-refractivity contribution in [1.82, 2.24) is 15.0 Å². The summed E-state index contributed by atoms with van der Waals surface area (Å²) in [5.41, 5.74) is 5.93. The van der Waals surface area contributed by atoms with Crippen molar-refractivity contribution in [1.29, 1.82) is 0 Å². The van der Waals surface area contributed by atoms with Crippen LogP contribution < -0.4 is 5.73 Å². The zero-order chi connectivity index (χ0) is 9.84. The Balaban J connectivity index is 2.58. The van der Waals surface area contributed by atoms with Crippen LogP contribution in [0.2, 0.25) is 0 Å². The summed E-state index contributed by atoms with van der Waals surface area (Å²) >= 11 is 0. The fourth-order valence-corrected chi connectivity index (χ4v) is 0.899. The standard InChI is InChI=1S/C7H12N4O2/c1-2-11-4-5(9-10-11)3-6(8)7(12)13/h4,6H,2-3,8H2,1H3,(H,12,13)/t6-/m0/s1. The lowest BCUT2D eigenvalue weighted by atomic mass is 10.2. The van der Waals surface area contributed by atoms with Gasteiger partial charge < -0.3 is 10.8 Å². The molecule has 0 aliphatic carbocycles. The van der Waals surface area contributed by atoms with E-state index in [0.29, 0.717) is 5.69 Å². The van der Waals surface area contributed by atoms with E-state index in [1.165, 1.54) is 0 Å². The smallest absolute Gasteiger partial charge is 0.320 e. The number of carbonyl (C=O) groups is 1. The lowest BCUT2D eigenvalue weighted by Gasteiger charge is -2.01. The van der Waals surface area contributed by atoms with E-state index >= 15 is 0 Å². The summed E-state index contributed by atoms with van der Waals surface area (Å²) in [4.78, 5) is 10.4. The van der Waals surface area contributed by atoms with Gasteiger partial charge in [-0.15, -0.1) is 5.10 Å². The molecule has 3 N–H and O–H groups in total. The molecule has 0 amide bonds. The molecule has 0 spiro atoms. The Morgan fingerprint density at radius 2 is 2.54 bits per heavy atom. The lowest BCUT2D eigenvalue weighted by molar-refractivity contribution is -0.138. The number of hydrogen-bond acceptors (Lipinski definition) is 4. The number of rotatable bonds is 4. The third kappa shape index (κ3) is 2.51. The Kier molecular flexibility index (Phi) is 2.97. The van der Waals surface area contributed by atoms with Crippen LogP contribution in [0.25, 0.3) is 0 Å². The maximum Gasteiger partial charge on any atom is 0.320 e. The fraction of sp³-hybridized carbons (Fsp3) is 0.571. The van der Waals surface area contributed by atoms with Crippen molar-refractivity contribution < 1.29 is 9.90 Å². The van der Waals surface area contributed by atoms with Gasteiger partial charge in [0.2, 0.25) is 0 Å². The Morgan fingerprint density at radius 1 is 1.85 bits per heavy atom. The molecule has 0 unspecified atom stereocenters. The van der Waals surface area contributed by atoms with Crippen LogP contribution in [0, 0.1) is 0 Å². The van der Waals surface area contributed by atoms with Crippen LogP contribution in [-0.4, -0.2) is 32.1 Å². The fourth-order valence-electron chi connectivity index (χ4n) is 0.899. The summed E-state index contributed by atoms with van der Waals surface area (Å²) in [6.45, 7) is 2.64. The first-order chi connectivity index (χ1) is 6.13. The first-order valence-corrected chi connectivity index (χ1v) is 4.01. The van der Waals surface area contributed by atoms with Crippen molar-refractivity contribution in [2.24, 2.45) is 5.73 Å². The second kappa shape index (κ2) is 3.99. The molecule has 1 atom stereocenters. The number of carboxylic acid groups (broad SMARTS) is 1. The van der Waals surface area contributed by atoms with Gasteiger partial charge >= 0.3 is 5.97 Å². The molecular formula is C7H12N4O2. The summed E-state index contributed by atoms with van der Waals surface area (Å²) in [5.74, 6) is -1.02. The van der Waals surface area contributed by atoms with E-state index in [1.54, 1.807) is 10.9 Å². The van der Waals surface area contributed by atoms with E-state index in [1.807, 2.05) is 6.92 Å². The van der Waals surface area contributed by atoms with E-state index < -0.39 is 12.0 Å². The second-order valence-corrected chi connectivity index (χ2v) is 2.71. The first-order valence-electron chi connectivity index (χ1n) is 4.01. The third-order valence-electron chi connectivity index (χ3n) is 1.66. The summed E-state index contributed by atoms with van der Waals surface area (Å²) in [6, 6.07) is -0.901. The van der Waals surface area contributed by atoms with Crippen molar-refractivity contribution in [3.63, 3.8) is 0 Å². The van der Waals surface area contributed by atoms with Crippen molar-refractivity contribution in [2.45, 2.75) is 25.9 Å². The van der Waals surface area contributed by atoms with Gasteiger partial charge in [0.15, 0.2) is 0 Å². The minimum Gasteiger partial charge on any atom is -0.480 e. The van der Waals surface area contributed by atoms with E-state index in [-0.39, 0.29) is 6.42 Å². The number of nitrogens with zero attached hydrogens (tertiary/aromatic N) is 3. The molecule has 1 heterocycles. The predicted octanol–water partition coefficient (Wildman–Crippen LogP) is -0.748. The van der Waals surface area contributed by atoms with Gasteiger partial charge in [-0.2, -0.15) is 0 Å². The summed E-state index contributed by atoms with van der Waals surface area (Å²) in [7, 11) is 0. The minimum atomic E-state index is -1.02. The van der Waals surface area contributed by atoms with Gasteiger partial charge in [-0.25, -0.2) is 0 Å². The number of nitrogens with two attached hydrogens (primary N) is 1. The highest BCUT2D eigenvalue weighted by molar-refractivity contribution is 5.73. The average molecular weight is 184 g/mol. The topological polar surface area (TPSA) is 94.0 Å². The zero-order valence-electron chi connectivity index (χ0n) is 7.34. The molecule has 0 radical (unpaired) electrons.